The van der Waals surface area contributed by atoms with Crippen LogP contribution in [0.15, 0.2) is 60.7 Å². The summed E-state index contributed by atoms with van der Waals surface area (Å²) < 4.78 is 10.6. The Morgan fingerprint density at radius 1 is 0.921 bits per heavy atom. The van der Waals surface area contributed by atoms with Crippen molar-refractivity contribution in [1.82, 2.24) is 0 Å². The Morgan fingerprint density at radius 2 is 1.61 bits per heavy atom. The van der Waals surface area contributed by atoms with Crippen molar-refractivity contribution in [2.75, 3.05) is 55.6 Å². The summed E-state index contributed by atoms with van der Waals surface area (Å²) in [4.78, 5) is 17.1. The van der Waals surface area contributed by atoms with E-state index < -0.39 is 0 Å². The average molecular weight is 514 g/mol. The molecule has 1 aliphatic heterocycles. The first-order valence-electron chi connectivity index (χ1n) is 13.8. The van der Waals surface area contributed by atoms with Gasteiger partial charge in [0.1, 0.15) is 0 Å². The molecule has 3 aromatic carbocycles. The topological polar surface area (TPSA) is 54.0 Å². The summed E-state index contributed by atoms with van der Waals surface area (Å²) in [7, 11) is 3.53. The molecule has 1 N–H and O–H groups in total. The average Bonchev–Trinajstić information content (AvgIpc) is 2.98. The molecule has 1 aliphatic carbocycles. The third kappa shape index (κ3) is 5.81. The van der Waals surface area contributed by atoms with Gasteiger partial charge in [-0.3, -0.25) is 0 Å². The molecule has 0 aromatic heterocycles. The van der Waals surface area contributed by atoms with Gasteiger partial charge in [0.05, 0.1) is 31.6 Å². The minimum atomic E-state index is -0.353. The zero-order valence-corrected chi connectivity index (χ0v) is 22.8. The van der Waals surface area contributed by atoms with E-state index in [-0.39, 0.29) is 5.97 Å². The van der Waals surface area contributed by atoms with E-state index in [0.29, 0.717) is 24.7 Å². The molecule has 1 heterocycles. The molecule has 6 heteroatoms. The number of methoxy groups -OCH3 is 1. The summed E-state index contributed by atoms with van der Waals surface area (Å²) in [5, 5.41) is 3.47. The summed E-state index contributed by atoms with van der Waals surface area (Å²) in [6, 6.07) is 21.4. The van der Waals surface area contributed by atoms with Crippen LogP contribution in [0.5, 0.6) is 0 Å². The van der Waals surface area contributed by atoms with Crippen LogP contribution >= 0.6 is 0 Å². The molecule has 6 nitrogen and oxygen atoms in total. The summed E-state index contributed by atoms with van der Waals surface area (Å²) in [5.41, 5.74) is 8.08. The Morgan fingerprint density at radius 3 is 2.29 bits per heavy atom. The maximum atomic E-state index is 12.7. The van der Waals surface area contributed by atoms with Gasteiger partial charge in [-0.05, 0) is 85.3 Å². The van der Waals surface area contributed by atoms with Crippen molar-refractivity contribution in [3.63, 3.8) is 0 Å². The molecular formula is C32H39N3O3. The number of morpholine rings is 1. The zero-order chi connectivity index (χ0) is 26.5. The number of benzene rings is 3. The first-order valence-corrected chi connectivity index (χ1v) is 13.8. The third-order valence-corrected chi connectivity index (χ3v) is 8.01. The van der Waals surface area contributed by atoms with Gasteiger partial charge in [0.15, 0.2) is 0 Å². The highest BCUT2D eigenvalue weighted by molar-refractivity contribution is 5.98. The molecule has 1 saturated heterocycles. The largest absolute Gasteiger partial charge is 0.465 e. The van der Waals surface area contributed by atoms with Crippen LogP contribution in [0, 0.1) is 6.92 Å². The SMILES string of the molecule is COC(=O)c1cc(N2CCOCC2)ccc1Nc1ccc(N(C)c2ccc(C3CCCCC3)cc2)cc1C. The number of hydrogen-bond donors (Lipinski definition) is 1. The van der Waals surface area contributed by atoms with Gasteiger partial charge in [0, 0.05) is 42.9 Å². The Kier molecular flexibility index (Phi) is 8.18. The Bertz CT molecular complexity index is 1250. The quantitative estimate of drug-likeness (QED) is 0.338. The van der Waals surface area contributed by atoms with Crippen molar-refractivity contribution < 1.29 is 14.3 Å². The summed E-state index contributed by atoms with van der Waals surface area (Å²) in [6.45, 7) is 5.09. The van der Waals surface area contributed by atoms with E-state index in [1.54, 1.807) is 0 Å². The van der Waals surface area contributed by atoms with Gasteiger partial charge in [-0.2, -0.15) is 0 Å². The van der Waals surface area contributed by atoms with Crippen LogP contribution in [0.25, 0.3) is 0 Å². The summed E-state index contributed by atoms with van der Waals surface area (Å²) >= 11 is 0. The maximum absolute atomic E-state index is 12.7. The van der Waals surface area contributed by atoms with E-state index in [1.165, 1.54) is 50.5 Å². The minimum Gasteiger partial charge on any atom is -0.465 e. The number of anilines is 5. The van der Waals surface area contributed by atoms with Gasteiger partial charge in [0.2, 0.25) is 0 Å². The number of aryl methyl sites for hydroxylation is 1. The minimum absolute atomic E-state index is 0.353. The van der Waals surface area contributed by atoms with Crippen LogP contribution < -0.4 is 15.1 Å². The molecule has 2 aliphatic rings. The van der Waals surface area contributed by atoms with Gasteiger partial charge >= 0.3 is 5.97 Å². The van der Waals surface area contributed by atoms with Crippen molar-refractivity contribution in [1.29, 1.82) is 0 Å². The van der Waals surface area contributed by atoms with E-state index in [0.717, 1.165) is 41.4 Å². The molecule has 200 valence electrons. The molecule has 3 aromatic rings. The van der Waals surface area contributed by atoms with E-state index in [4.69, 9.17) is 9.47 Å². The fourth-order valence-corrected chi connectivity index (χ4v) is 5.64. The predicted molar refractivity (Wildman–Crippen MR) is 156 cm³/mol. The highest BCUT2D eigenvalue weighted by Gasteiger charge is 2.19. The Labute approximate surface area is 226 Å². The Hall–Kier alpha value is -3.51. The van der Waals surface area contributed by atoms with E-state index in [9.17, 15) is 4.79 Å². The maximum Gasteiger partial charge on any atom is 0.340 e. The predicted octanol–water partition coefficient (Wildman–Crippen LogP) is 7.18. The molecule has 0 spiro atoms. The standard InChI is InChI=1S/C32H39N3O3/c1-23-21-27(34(2)26-11-9-25(10-12-26)24-7-5-4-6-8-24)13-15-30(23)33-31-16-14-28(22-29(31)32(36)37-3)35-17-19-38-20-18-35/h9-16,21-22,24,33H,4-8,17-20H2,1-3H3. The second kappa shape index (κ2) is 11.9. The normalized spacial score (nSPS) is 16.2. The number of carbonyl (C=O) groups is 1. The first-order chi connectivity index (χ1) is 18.5. The van der Waals surface area contributed by atoms with Crippen molar-refractivity contribution in [2.24, 2.45) is 0 Å². The van der Waals surface area contributed by atoms with Crippen molar-refractivity contribution in [2.45, 2.75) is 44.9 Å². The van der Waals surface area contributed by atoms with E-state index in [2.05, 4.69) is 77.6 Å². The number of nitrogens with one attached hydrogen (secondary N) is 1. The molecule has 0 bridgehead atoms. The lowest BCUT2D eigenvalue weighted by Crippen LogP contribution is -2.36. The molecule has 2 fully saturated rings. The van der Waals surface area contributed by atoms with Gasteiger partial charge in [0.25, 0.3) is 0 Å². The Balaban J connectivity index is 1.32. The number of esters is 1. The van der Waals surface area contributed by atoms with Gasteiger partial charge < -0.3 is 24.6 Å². The van der Waals surface area contributed by atoms with Crippen LogP contribution in [0.2, 0.25) is 0 Å². The fourth-order valence-electron chi connectivity index (χ4n) is 5.64. The van der Waals surface area contributed by atoms with E-state index in [1.807, 2.05) is 12.1 Å². The monoisotopic (exact) mass is 513 g/mol. The second-order valence-electron chi connectivity index (χ2n) is 10.4. The number of carbonyl (C=O) groups excluding carboxylic acids is 1. The van der Waals surface area contributed by atoms with Gasteiger partial charge in [-0.25, -0.2) is 4.79 Å². The molecule has 1 saturated carbocycles. The zero-order valence-electron chi connectivity index (χ0n) is 22.8. The van der Waals surface area contributed by atoms with Gasteiger partial charge in [-0.15, -0.1) is 0 Å². The third-order valence-electron chi connectivity index (χ3n) is 8.01. The van der Waals surface area contributed by atoms with Crippen molar-refractivity contribution in [3.8, 4) is 0 Å². The smallest absolute Gasteiger partial charge is 0.340 e. The van der Waals surface area contributed by atoms with Crippen LogP contribution in [0.1, 0.15) is 59.5 Å². The molecule has 38 heavy (non-hydrogen) atoms. The fraction of sp³-hybridized carbons (Fsp3) is 0.406. The summed E-state index contributed by atoms with van der Waals surface area (Å²) in [6.07, 6.45) is 6.72. The van der Waals surface area contributed by atoms with E-state index >= 15 is 0 Å². The first kappa shape index (κ1) is 26.1. The molecule has 0 radical (unpaired) electrons. The van der Waals surface area contributed by atoms with Crippen molar-refractivity contribution >= 4 is 34.4 Å². The van der Waals surface area contributed by atoms with Crippen LogP contribution in [0.4, 0.5) is 28.4 Å². The highest BCUT2D eigenvalue weighted by atomic mass is 16.5. The molecule has 5 rings (SSSR count). The van der Waals surface area contributed by atoms with Crippen LogP contribution in [0.3, 0.4) is 0 Å². The number of rotatable bonds is 7. The number of hydrogen-bond acceptors (Lipinski definition) is 6. The molecule has 0 amide bonds. The lowest BCUT2D eigenvalue weighted by Gasteiger charge is -2.29. The highest BCUT2D eigenvalue weighted by Crippen LogP contribution is 2.35. The number of nitrogens with zero attached hydrogens (tertiary/aromatic N) is 2. The van der Waals surface area contributed by atoms with Crippen molar-refractivity contribution in [3.05, 3.63) is 77.4 Å². The molecule has 0 atom stereocenters. The second-order valence-corrected chi connectivity index (χ2v) is 10.4. The van der Waals surface area contributed by atoms with Crippen LogP contribution in [-0.2, 0) is 9.47 Å². The lowest BCUT2D eigenvalue weighted by molar-refractivity contribution is 0.0602. The van der Waals surface area contributed by atoms with Crippen LogP contribution in [-0.4, -0.2) is 46.4 Å². The van der Waals surface area contributed by atoms with Gasteiger partial charge in [-0.1, -0.05) is 31.4 Å². The molecule has 0 unspecified atom stereocenters. The summed E-state index contributed by atoms with van der Waals surface area (Å²) in [5.74, 6) is 0.363. The lowest BCUT2D eigenvalue weighted by atomic mass is 9.84. The molecular weight excluding hydrogens is 474 g/mol. The number of ether oxygens (including phenoxy) is 2.